The van der Waals surface area contributed by atoms with Crippen LogP contribution < -0.4 is 10.9 Å². The Morgan fingerprint density at radius 1 is 1.00 bits per heavy atom. The third kappa shape index (κ3) is 4.41. The topological polar surface area (TPSA) is 87.5 Å². The zero-order valence-corrected chi connectivity index (χ0v) is 16.5. The molecule has 2 aromatic rings. The van der Waals surface area contributed by atoms with E-state index in [2.05, 4.69) is 10.3 Å². The average molecular weight is 397 g/mol. The zero-order chi connectivity index (χ0) is 20.2. The van der Waals surface area contributed by atoms with Gasteiger partial charge in [-0.05, 0) is 25.0 Å². The van der Waals surface area contributed by atoms with E-state index in [9.17, 15) is 14.4 Å². The number of para-hydroxylation sites is 2. The molecule has 0 unspecified atom stereocenters. The molecule has 0 atom stereocenters. The molecule has 4 rings (SSSR count). The molecule has 1 aromatic carbocycles. The fourth-order valence-electron chi connectivity index (χ4n) is 4.18. The van der Waals surface area contributed by atoms with E-state index in [-0.39, 0.29) is 30.1 Å². The minimum Gasteiger partial charge on any atom is -0.338 e. The van der Waals surface area contributed by atoms with Gasteiger partial charge in [-0.15, -0.1) is 0 Å². The molecule has 0 bridgehead atoms. The van der Waals surface area contributed by atoms with E-state index in [1.165, 1.54) is 30.0 Å². The second-order valence-electron chi connectivity index (χ2n) is 7.82. The molecule has 8 heteroatoms. The lowest BCUT2D eigenvalue weighted by Gasteiger charge is -2.36. The maximum absolute atomic E-state index is 12.8. The number of nitrogens with zero attached hydrogens (tertiary/aromatic N) is 4. The van der Waals surface area contributed by atoms with Crippen molar-refractivity contribution in [3.05, 3.63) is 40.8 Å². The average Bonchev–Trinajstić information content (AvgIpc) is 2.76. The number of nitrogens with one attached hydrogen (secondary N) is 1. The van der Waals surface area contributed by atoms with Crippen molar-refractivity contribution in [2.45, 2.75) is 44.7 Å². The minimum atomic E-state index is -0.289. The van der Waals surface area contributed by atoms with E-state index in [1.54, 1.807) is 15.9 Å². The number of aromatic nitrogens is 2. The van der Waals surface area contributed by atoms with E-state index in [0.717, 1.165) is 12.8 Å². The highest BCUT2D eigenvalue weighted by Gasteiger charge is 2.26. The summed E-state index contributed by atoms with van der Waals surface area (Å²) in [5.74, 6) is -0.115. The van der Waals surface area contributed by atoms with Gasteiger partial charge >= 0.3 is 6.03 Å². The van der Waals surface area contributed by atoms with Crippen molar-refractivity contribution in [3.8, 4) is 0 Å². The van der Waals surface area contributed by atoms with E-state index in [1.807, 2.05) is 18.2 Å². The fraction of sp³-hybridized carbons (Fsp3) is 0.524. The Morgan fingerprint density at radius 3 is 2.45 bits per heavy atom. The number of hydrogen-bond donors (Lipinski definition) is 1. The number of fused-ring (bicyclic) bond motifs is 1. The predicted octanol–water partition coefficient (Wildman–Crippen LogP) is 1.58. The van der Waals surface area contributed by atoms with Gasteiger partial charge in [-0.3, -0.25) is 14.2 Å². The predicted molar refractivity (Wildman–Crippen MR) is 110 cm³/mol. The van der Waals surface area contributed by atoms with Gasteiger partial charge in [-0.1, -0.05) is 31.4 Å². The summed E-state index contributed by atoms with van der Waals surface area (Å²) in [7, 11) is 0. The van der Waals surface area contributed by atoms with Gasteiger partial charge in [0.15, 0.2) is 0 Å². The van der Waals surface area contributed by atoms with Crippen molar-refractivity contribution in [3.63, 3.8) is 0 Å². The molecule has 3 amide bonds. The molecule has 0 radical (unpaired) electrons. The second-order valence-corrected chi connectivity index (χ2v) is 7.82. The van der Waals surface area contributed by atoms with Crippen LogP contribution in [0.5, 0.6) is 0 Å². The summed E-state index contributed by atoms with van der Waals surface area (Å²) in [6.07, 6.45) is 6.97. The molecule has 1 saturated heterocycles. The van der Waals surface area contributed by atoms with E-state index >= 15 is 0 Å². The van der Waals surface area contributed by atoms with Crippen LogP contribution in [0.1, 0.15) is 32.1 Å². The molecular weight excluding hydrogens is 370 g/mol. The molecule has 29 heavy (non-hydrogen) atoms. The monoisotopic (exact) mass is 397 g/mol. The van der Waals surface area contributed by atoms with Crippen molar-refractivity contribution < 1.29 is 9.59 Å². The Bertz CT molecular complexity index is 943. The molecule has 8 nitrogen and oxygen atoms in total. The number of carbonyl (C=O) groups excluding carboxylic acids is 2. The molecule has 2 aliphatic rings. The van der Waals surface area contributed by atoms with E-state index in [4.69, 9.17) is 0 Å². The Hall–Kier alpha value is -2.90. The van der Waals surface area contributed by atoms with Crippen molar-refractivity contribution in [1.82, 2.24) is 24.7 Å². The van der Waals surface area contributed by atoms with Gasteiger partial charge in [0.25, 0.3) is 5.56 Å². The zero-order valence-electron chi connectivity index (χ0n) is 16.5. The molecule has 154 valence electrons. The quantitative estimate of drug-likeness (QED) is 0.852. The third-order valence-electron chi connectivity index (χ3n) is 5.90. The van der Waals surface area contributed by atoms with E-state index < -0.39 is 0 Å². The summed E-state index contributed by atoms with van der Waals surface area (Å²) in [5, 5.41) is 3.13. The van der Waals surface area contributed by atoms with Crippen LogP contribution in [-0.2, 0) is 11.3 Å². The molecule has 1 aliphatic heterocycles. The van der Waals surface area contributed by atoms with Crippen LogP contribution >= 0.6 is 0 Å². The fourth-order valence-corrected chi connectivity index (χ4v) is 4.18. The number of benzene rings is 1. The largest absolute Gasteiger partial charge is 0.338 e. The van der Waals surface area contributed by atoms with Gasteiger partial charge in [0.1, 0.15) is 6.54 Å². The van der Waals surface area contributed by atoms with Gasteiger partial charge in [-0.25, -0.2) is 9.78 Å². The number of rotatable bonds is 3. The summed E-state index contributed by atoms with van der Waals surface area (Å²) in [5.41, 5.74) is 1.05. The van der Waals surface area contributed by atoms with Crippen molar-refractivity contribution in [2.75, 3.05) is 26.2 Å². The Morgan fingerprint density at radius 2 is 1.69 bits per heavy atom. The highest BCUT2D eigenvalue weighted by Crippen LogP contribution is 2.18. The summed E-state index contributed by atoms with van der Waals surface area (Å²) in [6.45, 7) is 1.96. The number of carbonyl (C=O) groups is 2. The maximum Gasteiger partial charge on any atom is 0.317 e. The Kier molecular flexibility index (Phi) is 5.78. The van der Waals surface area contributed by atoms with Crippen LogP contribution in [-0.4, -0.2) is 63.5 Å². The third-order valence-corrected chi connectivity index (χ3v) is 5.90. The van der Waals surface area contributed by atoms with Gasteiger partial charge in [0.2, 0.25) is 5.91 Å². The van der Waals surface area contributed by atoms with E-state index in [0.29, 0.717) is 37.2 Å². The number of hydrogen-bond acceptors (Lipinski definition) is 4. The molecule has 2 heterocycles. The smallest absolute Gasteiger partial charge is 0.317 e. The van der Waals surface area contributed by atoms with Crippen LogP contribution in [0.3, 0.4) is 0 Å². The van der Waals surface area contributed by atoms with Crippen LogP contribution in [0.2, 0.25) is 0 Å². The molecular formula is C21H27N5O3. The molecule has 2 fully saturated rings. The lowest BCUT2D eigenvalue weighted by Crippen LogP contribution is -2.55. The summed E-state index contributed by atoms with van der Waals surface area (Å²) >= 11 is 0. The number of amides is 3. The van der Waals surface area contributed by atoms with Gasteiger partial charge in [0, 0.05) is 32.2 Å². The first-order chi connectivity index (χ1) is 14.1. The Labute approximate surface area is 169 Å². The highest BCUT2D eigenvalue weighted by molar-refractivity contribution is 5.80. The molecule has 1 aromatic heterocycles. The Balaban J connectivity index is 1.34. The first-order valence-electron chi connectivity index (χ1n) is 10.4. The first-order valence-corrected chi connectivity index (χ1v) is 10.4. The van der Waals surface area contributed by atoms with Crippen molar-refractivity contribution >= 4 is 23.0 Å². The van der Waals surface area contributed by atoms with Crippen LogP contribution in [0, 0.1) is 0 Å². The van der Waals surface area contributed by atoms with Gasteiger partial charge < -0.3 is 15.1 Å². The summed E-state index contributed by atoms with van der Waals surface area (Å²) in [4.78, 5) is 45.2. The molecule has 1 aliphatic carbocycles. The standard InChI is InChI=1S/C21H27N5O3/c27-19-14-22-17-8-4-5-9-18(17)26(19)15-20(28)24-10-12-25(13-11-24)21(29)23-16-6-2-1-3-7-16/h4-5,8-9,14,16H,1-3,6-7,10-13,15H2,(H,23,29). The van der Waals surface area contributed by atoms with Crippen molar-refractivity contribution in [1.29, 1.82) is 0 Å². The molecule has 1 saturated carbocycles. The van der Waals surface area contributed by atoms with Crippen LogP contribution in [0.25, 0.3) is 11.0 Å². The lowest BCUT2D eigenvalue weighted by atomic mass is 9.96. The number of urea groups is 1. The van der Waals surface area contributed by atoms with Crippen LogP contribution in [0.4, 0.5) is 4.79 Å². The first kappa shape index (κ1) is 19.4. The molecule has 0 spiro atoms. The normalized spacial score (nSPS) is 18.1. The summed E-state index contributed by atoms with van der Waals surface area (Å²) in [6, 6.07) is 7.55. The molecule has 1 N–H and O–H groups in total. The highest BCUT2D eigenvalue weighted by atomic mass is 16.2. The summed E-state index contributed by atoms with van der Waals surface area (Å²) < 4.78 is 1.47. The van der Waals surface area contributed by atoms with Gasteiger partial charge in [-0.2, -0.15) is 0 Å². The van der Waals surface area contributed by atoms with Crippen LogP contribution in [0.15, 0.2) is 35.3 Å². The maximum atomic E-state index is 12.8. The second kappa shape index (κ2) is 8.63. The van der Waals surface area contributed by atoms with Crippen molar-refractivity contribution in [2.24, 2.45) is 0 Å². The lowest BCUT2D eigenvalue weighted by molar-refractivity contribution is -0.133. The number of piperazine rings is 1. The van der Waals surface area contributed by atoms with Gasteiger partial charge in [0.05, 0.1) is 17.2 Å². The minimum absolute atomic E-state index is 0.0177. The SMILES string of the molecule is O=C(Cn1c(=O)cnc2ccccc21)N1CCN(C(=O)NC2CCCCC2)CC1.